The maximum absolute atomic E-state index is 5.92. The molecule has 0 aromatic heterocycles. The fraction of sp³-hybridized carbons (Fsp3) is 0.136. The van der Waals surface area contributed by atoms with Crippen molar-refractivity contribution in [3.63, 3.8) is 0 Å². The minimum Gasteiger partial charge on any atom is -0.322 e. The van der Waals surface area contributed by atoms with Gasteiger partial charge in [-0.15, -0.1) is 11.6 Å². The van der Waals surface area contributed by atoms with E-state index in [1.54, 1.807) is 0 Å². The van der Waals surface area contributed by atoms with Gasteiger partial charge in [0.05, 0.1) is 11.7 Å². The number of nitrogens with zero attached hydrogens (tertiary/aromatic N) is 2. The smallest absolute Gasteiger partial charge is 0.112 e. The van der Waals surface area contributed by atoms with Gasteiger partial charge in [-0.2, -0.15) is 0 Å². The second kappa shape index (κ2) is 7.12. The Bertz CT molecular complexity index is 858. The minimum atomic E-state index is 0.314. The Kier molecular flexibility index (Phi) is 4.53. The first kappa shape index (κ1) is 15.9. The third-order valence-corrected chi connectivity index (χ3v) is 4.84. The zero-order chi connectivity index (χ0) is 17.1. The number of alkyl halides is 1. The molecule has 0 radical (unpaired) electrons. The van der Waals surface area contributed by atoms with E-state index >= 15 is 0 Å². The molecule has 3 aromatic rings. The summed E-state index contributed by atoms with van der Waals surface area (Å²) in [5, 5.41) is 0. The Morgan fingerprint density at radius 3 is 2.12 bits per heavy atom. The number of hydrogen-bond acceptors (Lipinski definition) is 1. The number of aliphatic imine (C=N–C) groups is 1. The van der Waals surface area contributed by atoms with Crippen LogP contribution < -0.4 is 4.90 Å². The van der Waals surface area contributed by atoms with Crippen molar-refractivity contribution in [1.29, 1.82) is 0 Å². The molecule has 1 aliphatic rings. The number of halogens is 1. The minimum absolute atomic E-state index is 0.314. The Morgan fingerprint density at radius 2 is 1.48 bits per heavy atom. The van der Waals surface area contributed by atoms with Crippen LogP contribution in [0.15, 0.2) is 89.9 Å². The molecule has 1 heterocycles. The summed E-state index contributed by atoms with van der Waals surface area (Å²) in [6.45, 7) is 0. The molecule has 1 saturated heterocycles. The molecule has 4 rings (SSSR count). The third-order valence-electron chi connectivity index (χ3n) is 4.53. The van der Waals surface area contributed by atoms with E-state index < -0.39 is 0 Å². The van der Waals surface area contributed by atoms with Gasteiger partial charge in [-0.1, -0.05) is 60.7 Å². The van der Waals surface area contributed by atoms with Gasteiger partial charge in [0, 0.05) is 18.0 Å². The summed E-state index contributed by atoms with van der Waals surface area (Å²) in [6.07, 6.45) is 0.935. The van der Waals surface area contributed by atoms with Crippen molar-refractivity contribution < 1.29 is 0 Å². The maximum atomic E-state index is 5.92. The van der Waals surface area contributed by atoms with E-state index in [0.29, 0.717) is 11.9 Å². The van der Waals surface area contributed by atoms with Gasteiger partial charge in [0.25, 0.3) is 0 Å². The zero-order valence-electron chi connectivity index (χ0n) is 13.8. The van der Waals surface area contributed by atoms with E-state index in [4.69, 9.17) is 16.6 Å². The van der Waals surface area contributed by atoms with Crippen molar-refractivity contribution in [1.82, 2.24) is 0 Å². The Balaban J connectivity index is 1.67. The lowest BCUT2D eigenvalue weighted by atomic mass is 9.91. The number of anilines is 1. The lowest BCUT2D eigenvalue weighted by Gasteiger charge is -2.44. The molecule has 0 spiro atoms. The van der Waals surface area contributed by atoms with Gasteiger partial charge in [-0.25, -0.2) is 4.99 Å². The van der Waals surface area contributed by atoms with Crippen molar-refractivity contribution in [2.45, 2.75) is 18.3 Å². The predicted molar refractivity (Wildman–Crippen MR) is 106 cm³/mol. The van der Waals surface area contributed by atoms with Gasteiger partial charge >= 0.3 is 0 Å². The molecule has 2 nitrogen and oxygen atoms in total. The van der Waals surface area contributed by atoms with E-state index in [0.717, 1.165) is 23.5 Å². The lowest BCUT2D eigenvalue weighted by Crippen LogP contribution is -2.46. The first-order chi connectivity index (χ1) is 12.3. The van der Waals surface area contributed by atoms with Crippen LogP contribution >= 0.6 is 11.6 Å². The monoisotopic (exact) mass is 346 g/mol. The number of rotatable bonds is 4. The van der Waals surface area contributed by atoms with E-state index in [2.05, 4.69) is 53.4 Å². The predicted octanol–water partition coefficient (Wildman–Crippen LogP) is 6.11. The van der Waals surface area contributed by atoms with Gasteiger partial charge in [-0.05, 0) is 35.4 Å². The normalized spacial score (nSPS) is 18.2. The van der Waals surface area contributed by atoms with Crippen molar-refractivity contribution >= 4 is 28.8 Å². The van der Waals surface area contributed by atoms with E-state index in [1.807, 2.05) is 36.4 Å². The van der Waals surface area contributed by atoms with Crippen LogP contribution in [0.1, 0.15) is 23.6 Å². The lowest BCUT2D eigenvalue weighted by molar-refractivity contribution is 0.652. The second-order valence-electron chi connectivity index (χ2n) is 6.16. The molecular weight excluding hydrogens is 328 g/mol. The van der Waals surface area contributed by atoms with Crippen LogP contribution in [0.2, 0.25) is 0 Å². The molecule has 1 fully saturated rings. The number of benzene rings is 3. The standard InChI is InChI=1S/C22H19ClN2/c23-16-17-11-13-18(14-12-17)21-15-22(24-19-7-3-1-4-8-19)25(21)20-9-5-2-6-10-20/h1-14,21H,15-16H2/b24-22+. The Labute approximate surface area is 153 Å². The van der Waals surface area contributed by atoms with Gasteiger partial charge in [0.1, 0.15) is 5.84 Å². The largest absolute Gasteiger partial charge is 0.322 e. The summed E-state index contributed by atoms with van der Waals surface area (Å²) in [5.74, 6) is 1.65. The topological polar surface area (TPSA) is 15.6 Å². The molecule has 1 aliphatic heterocycles. The van der Waals surface area contributed by atoms with Gasteiger partial charge in [-0.3, -0.25) is 0 Å². The third kappa shape index (κ3) is 3.31. The van der Waals surface area contributed by atoms with Crippen LogP contribution in [0, 0.1) is 0 Å². The van der Waals surface area contributed by atoms with Crippen LogP contribution in [0.3, 0.4) is 0 Å². The highest BCUT2D eigenvalue weighted by atomic mass is 35.5. The summed E-state index contributed by atoms with van der Waals surface area (Å²) in [5.41, 5.74) is 4.61. The molecule has 124 valence electrons. The fourth-order valence-electron chi connectivity index (χ4n) is 3.19. The fourth-order valence-corrected chi connectivity index (χ4v) is 3.37. The molecule has 0 aliphatic carbocycles. The quantitative estimate of drug-likeness (QED) is 0.520. The van der Waals surface area contributed by atoms with Crippen molar-refractivity contribution in [3.8, 4) is 0 Å². The molecule has 0 N–H and O–H groups in total. The maximum Gasteiger partial charge on any atom is 0.112 e. The summed E-state index contributed by atoms with van der Waals surface area (Å²) in [6, 6.07) is 29.5. The summed E-state index contributed by atoms with van der Waals surface area (Å²) in [7, 11) is 0. The van der Waals surface area contributed by atoms with E-state index in [9.17, 15) is 0 Å². The van der Waals surface area contributed by atoms with E-state index in [-0.39, 0.29) is 0 Å². The van der Waals surface area contributed by atoms with Crippen LogP contribution in [0.4, 0.5) is 11.4 Å². The molecule has 1 unspecified atom stereocenters. The van der Waals surface area contributed by atoms with Gasteiger partial charge in [0.2, 0.25) is 0 Å². The first-order valence-electron chi connectivity index (χ1n) is 8.47. The number of para-hydroxylation sites is 2. The zero-order valence-corrected chi connectivity index (χ0v) is 14.6. The van der Waals surface area contributed by atoms with Crippen LogP contribution in [0.5, 0.6) is 0 Å². The average molecular weight is 347 g/mol. The average Bonchev–Trinajstić information content (AvgIpc) is 2.67. The van der Waals surface area contributed by atoms with Crippen molar-refractivity contribution in [3.05, 3.63) is 96.1 Å². The van der Waals surface area contributed by atoms with Gasteiger partial charge in [0.15, 0.2) is 0 Å². The highest BCUT2D eigenvalue weighted by Crippen LogP contribution is 2.40. The summed E-state index contributed by atoms with van der Waals surface area (Å²) in [4.78, 5) is 7.18. The SMILES string of the molecule is ClCc1ccc(C2C/C(=N\c3ccccc3)N2c2ccccc2)cc1. The molecule has 0 amide bonds. The highest BCUT2D eigenvalue weighted by molar-refractivity contribution is 6.17. The molecule has 3 aromatic carbocycles. The van der Waals surface area contributed by atoms with Crippen molar-refractivity contribution in [2.24, 2.45) is 4.99 Å². The van der Waals surface area contributed by atoms with E-state index in [1.165, 1.54) is 11.3 Å². The second-order valence-corrected chi connectivity index (χ2v) is 6.43. The molecule has 1 atom stereocenters. The molecule has 0 saturated carbocycles. The highest BCUT2D eigenvalue weighted by Gasteiger charge is 2.36. The molecule has 3 heteroatoms. The Hall–Kier alpha value is -2.58. The summed E-state index contributed by atoms with van der Waals surface area (Å²) >= 11 is 5.92. The van der Waals surface area contributed by atoms with Crippen LogP contribution in [-0.4, -0.2) is 5.84 Å². The van der Waals surface area contributed by atoms with Crippen molar-refractivity contribution in [2.75, 3.05) is 4.90 Å². The Morgan fingerprint density at radius 1 is 0.840 bits per heavy atom. The molecule has 25 heavy (non-hydrogen) atoms. The first-order valence-corrected chi connectivity index (χ1v) is 9.00. The number of hydrogen-bond donors (Lipinski definition) is 0. The summed E-state index contributed by atoms with van der Waals surface area (Å²) < 4.78 is 0. The number of amidine groups is 1. The van der Waals surface area contributed by atoms with Crippen LogP contribution in [0.25, 0.3) is 0 Å². The van der Waals surface area contributed by atoms with Gasteiger partial charge < -0.3 is 4.90 Å². The molecular formula is C22H19ClN2. The van der Waals surface area contributed by atoms with Crippen LogP contribution in [-0.2, 0) is 5.88 Å². The molecule has 0 bridgehead atoms.